The van der Waals surface area contributed by atoms with E-state index in [0.717, 1.165) is 18.6 Å². The number of nitrogens with zero attached hydrogens (tertiary/aromatic N) is 1. The predicted molar refractivity (Wildman–Crippen MR) is 128 cm³/mol. The monoisotopic (exact) mass is 451 g/mol. The maximum atomic E-state index is 13.4. The van der Waals surface area contributed by atoms with Crippen molar-refractivity contribution < 1.29 is 14.3 Å². The molecule has 0 fully saturated rings. The zero-order valence-corrected chi connectivity index (χ0v) is 19.6. The fourth-order valence-electron chi connectivity index (χ4n) is 4.18. The molecular formula is C27H30ClNO3. The second kappa shape index (κ2) is 9.51. The number of fused-ring (bicyclic) bond motifs is 1. The summed E-state index contributed by atoms with van der Waals surface area (Å²) in [5.74, 6) is 0.801. The largest absolute Gasteiger partial charge is 0.492 e. The highest BCUT2D eigenvalue weighted by Gasteiger charge is 2.31. The number of ether oxygens (including phenoxy) is 2. The van der Waals surface area contributed by atoms with Crippen molar-refractivity contribution in [3.63, 3.8) is 0 Å². The summed E-state index contributed by atoms with van der Waals surface area (Å²) in [6.07, 6.45) is 7.68. The van der Waals surface area contributed by atoms with Crippen molar-refractivity contribution in [2.75, 3.05) is 6.61 Å². The van der Waals surface area contributed by atoms with Gasteiger partial charge in [0.15, 0.2) is 0 Å². The van der Waals surface area contributed by atoms with Crippen LogP contribution < -0.4 is 0 Å². The maximum absolute atomic E-state index is 13.4. The topological polar surface area (TPSA) is 38.8 Å². The van der Waals surface area contributed by atoms with Crippen LogP contribution in [0.2, 0.25) is 5.02 Å². The molecule has 0 N–H and O–H groups in total. The third kappa shape index (κ3) is 5.62. The Balaban J connectivity index is 1.47. The Morgan fingerprint density at radius 2 is 1.91 bits per heavy atom. The standard InChI is InChI=1S/C27H30ClNO3/c1-27(2,3)32-25-13-11-24(12-14-25)31-18-23-16-19-7-4-5-8-21(19)17-29(23)26(30)20-9-6-10-22(28)15-20/h4-13,15,23,25H,14,16-18H2,1-3H3/t23-,25?/m0/s1. The number of hydrogen-bond acceptors (Lipinski definition) is 3. The van der Waals surface area contributed by atoms with E-state index in [1.165, 1.54) is 11.1 Å². The summed E-state index contributed by atoms with van der Waals surface area (Å²) in [4.78, 5) is 15.3. The number of halogens is 1. The first-order chi connectivity index (χ1) is 15.3. The van der Waals surface area contributed by atoms with Crippen molar-refractivity contribution in [2.24, 2.45) is 0 Å². The van der Waals surface area contributed by atoms with Crippen LogP contribution in [0.3, 0.4) is 0 Å². The molecule has 1 aliphatic carbocycles. The Bertz CT molecular complexity index is 1040. The van der Waals surface area contributed by atoms with Gasteiger partial charge in [-0.25, -0.2) is 0 Å². The molecule has 0 bridgehead atoms. The van der Waals surface area contributed by atoms with Crippen LogP contribution in [0.1, 0.15) is 48.7 Å². The molecule has 1 amide bonds. The van der Waals surface area contributed by atoms with Crippen LogP contribution in [0.4, 0.5) is 0 Å². The van der Waals surface area contributed by atoms with Gasteiger partial charge in [-0.2, -0.15) is 0 Å². The molecule has 2 atom stereocenters. The van der Waals surface area contributed by atoms with Crippen LogP contribution in [-0.2, 0) is 22.4 Å². The first kappa shape index (κ1) is 22.6. The molecule has 2 aromatic rings. The van der Waals surface area contributed by atoms with Gasteiger partial charge < -0.3 is 14.4 Å². The Morgan fingerprint density at radius 1 is 1.12 bits per heavy atom. The van der Waals surface area contributed by atoms with Gasteiger partial charge in [0.25, 0.3) is 5.91 Å². The second-order valence-electron chi connectivity index (χ2n) is 9.35. The van der Waals surface area contributed by atoms with Crippen molar-refractivity contribution >= 4 is 17.5 Å². The van der Waals surface area contributed by atoms with Gasteiger partial charge in [-0.3, -0.25) is 4.79 Å². The molecule has 0 saturated carbocycles. The summed E-state index contributed by atoms with van der Waals surface area (Å²) in [5, 5.41) is 0.561. The van der Waals surface area contributed by atoms with Gasteiger partial charge in [0.2, 0.25) is 0 Å². The fraction of sp³-hybridized carbons (Fsp3) is 0.370. The molecule has 0 radical (unpaired) electrons. The van der Waals surface area contributed by atoms with E-state index in [2.05, 4.69) is 39.0 Å². The third-order valence-electron chi connectivity index (χ3n) is 5.66. The van der Waals surface area contributed by atoms with Crippen LogP contribution in [0, 0.1) is 0 Å². The lowest BCUT2D eigenvalue weighted by Gasteiger charge is -2.37. The molecule has 2 aliphatic rings. The van der Waals surface area contributed by atoms with Crippen molar-refractivity contribution in [3.8, 4) is 0 Å². The van der Waals surface area contributed by atoms with Crippen LogP contribution in [0.5, 0.6) is 0 Å². The third-order valence-corrected chi connectivity index (χ3v) is 5.90. The second-order valence-corrected chi connectivity index (χ2v) is 9.79. The van der Waals surface area contributed by atoms with E-state index >= 15 is 0 Å². The van der Waals surface area contributed by atoms with Crippen LogP contribution in [0.15, 0.2) is 72.5 Å². The average molecular weight is 452 g/mol. The van der Waals surface area contributed by atoms with Gasteiger partial charge >= 0.3 is 0 Å². The normalized spacial score (nSPS) is 20.5. The molecule has 4 nitrogen and oxygen atoms in total. The number of hydrogen-bond donors (Lipinski definition) is 0. The van der Waals surface area contributed by atoms with E-state index in [9.17, 15) is 4.79 Å². The number of carbonyl (C=O) groups excluding carboxylic acids is 1. The Labute approximate surface area is 195 Å². The smallest absolute Gasteiger partial charge is 0.254 e. The summed E-state index contributed by atoms with van der Waals surface area (Å²) in [6.45, 7) is 7.17. The molecular weight excluding hydrogens is 422 g/mol. The van der Waals surface area contributed by atoms with Gasteiger partial charge in [-0.1, -0.05) is 48.0 Å². The molecule has 5 heteroatoms. The van der Waals surface area contributed by atoms with E-state index in [0.29, 0.717) is 23.7 Å². The van der Waals surface area contributed by atoms with Gasteiger partial charge in [-0.05, 0) is 75.1 Å². The Kier molecular flexibility index (Phi) is 6.73. The molecule has 168 valence electrons. The first-order valence-electron chi connectivity index (χ1n) is 11.1. The van der Waals surface area contributed by atoms with Crippen molar-refractivity contribution in [2.45, 2.75) is 57.9 Å². The molecule has 0 saturated heterocycles. The van der Waals surface area contributed by atoms with Crippen LogP contribution >= 0.6 is 11.6 Å². The van der Waals surface area contributed by atoms with E-state index in [1.807, 2.05) is 41.3 Å². The van der Waals surface area contributed by atoms with Crippen molar-refractivity contribution in [3.05, 3.63) is 94.2 Å². The molecule has 4 rings (SSSR count). The molecule has 32 heavy (non-hydrogen) atoms. The minimum Gasteiger partial charge on any atom is -0.492 e. The average Bonchev–Trinajstić information content (AvgIpc) is 2.76. The minimum absolute atomic E-state index is 0.0255. The molecule has 1 aliphatic heterocycles. The predicted octanol–water partition coefficient (Wildman–Crippen LogP) is 5.95. The lowest BCUT2D eigenvalue weighted by Crippen LogP contribution is -2.46. The molecule has 1 heterocycles. The summed E-state index contributed by atoms with van der Waals surface area (Å²) < 4.78 is 12.2. The minimum atomic E-state index is -0.183. The maximum Gasteiger partial charge on any atom is 0.254 e. The lowest BCUT2D eigenvalue weighted by molar-refractivity contribution is -0.0377. The summed E-state index contributed by atoms with van der Waals surface area (Å²) in [5.41, 5.74) is 2.86. The zero-order chi connectivity index (χ0) is 22.7. The highest BCUT2D eigenvalue weighted by Crippen LogP contribution is 2.27. The molecule has 0 aromatic heterocycles. The number of benzene rings is 2. The Morgan fingerprint density at radius 3 is 2.59 bits per heavy atom. The van der Waals surface area contributed by atoms with Crippen molar-refractivity contribution in [1.82, 2.24) is 4.90 Å². The molecule has 2 aromatic carbocycles. The first-order valence-corrected chi connectivity index (χ1v) is 11.5. The van der Waals surface area contributed by atoms with Gasteiger partial charge in [0.05, 0.1) is 17.7 Å². The number of rotatable bonds is 5. The van der Waals surface area contributed by atoms with E-state index in [1.54, 1.807) is 12.1 Å². The lowest BCUT2D eigenvalue weighted by atomic mass is 9.93. The number of allylic oxidation sites excluding steroid dienone is 1. The summed E-state index contributed by atoms with van der Waals surface area (Å²) in [7, 11) is 0. The molecule has 1 unspecified atom stereocenters. The highest BCUT2D eigenvalue weighted by molar-refractivity contribution is 6.30. The molecule has 0 spiro atoms. The Hall–Kier alpha value is -2.56. The van der Waals surface area contributed by atoms with Gasteiger partial charge in [0.1, 0.15) is 12.4 Å². The number of amides is 1. The highest BCUT2D eigenvalue weighted by atomic mass is 35.5. The summed E-state index contributed by atoms with van der Waals surface area (Å²) in [6, 6.07) is 15.4. The quantitative estimate of drug-likeness (QED) is 0.563. The van der Waals surface area contributed by atoms with E-state index in [-0.39, 0.29) is 23.7 Å². The van der Waals surface area contributed by atoms with Crippen molar-refractivity contribution in [1.29, 1.82) is 0 Å². The fourth-order valence-corrected chi connectivity index (χ4v) is 4.37. The van der Waals surface area contributed by atoms with Gasteiger partial charge in [-0.15, -0.1) is 0 Å². The zero-order valence-electron chi connectivity index (χ0n) is 18.9. The van der Waals surface area contributed by atoms with Crippen LogP contribution in [-0.4, -0.2) is 35.2 Å². The number of carbonyl (C=O) groups is 1. The van der Waals surface area contributed by atoms with E-state index < -0.39 is 0 Å². The van der Waals surface area contributed by atoms with Gasteiger partial charge in [0, 0.05) is 17.1 Å². The SMILES string of the molecule is CC(C)(C)OC1C=CC(OC[C@@H]2Cc3ccccc3CN2C(=O)c2cccc(Cl)c2)=CC1. The van der Waals surface area contributed by atoms with Crippen LogP contribution in [0.25, 0.3) is 0 Å². The van der Waals surface area contributed by atoms with E-state index in [4.69, 9.17) is 21.1 Å². The summed E-state index contributed by atoms with van der Waals surface area (Å²) >= 11 is 6.14.